The molecule has 1 N–H and O–H groups in total. The van der Waals surface area contributed by atoms with Crippen molar-refractivity contribution in [2.75, 3.05) is 7.11 Å². The highest BCUT2D eigenvalue weighted by Crippen LogP contribution is 2.26. The first kappa shape index (κ1) is 15.1. The maximum absolute atomic E-state index is 11.7. The van der Waals surface area contributed by atoms with Gasteiger partial charge < -0.3 is 14.6 Å². The Bertz CT molecular complexity index is 742. The Labute approximate surface area is 127 Å². The lowest BCUT2D eigenvalue weighted by Crippen LogP contribution is -2.03. The minimum absolute atomic E-state index is 0.0276. The Hall–Kier alpha value is -3.26. The average molecular weight is 295 g/mol. The fraction of sp³-hybridized carbons (Fsp3) is 0.0588. The van der Waals surface area contributed by atoms with E-state index >= 15 is 0 Å². The predicted molar refractivity (Wildman–Crippen MR) is 80.5 cm³/mol. The number of phenolic OH excluding ortho intramolecular Hbond substituents is 1. The van der Waals surface area contributed by atoms with Gasteiger partial charge in [0.25, 0.3) is 0 Å². The van der Waals surface area contributed by atoms with Crippen LogP contribution in [-0.4, -0.2) is 18.2 Å². The number of hydrogen-bond acceptors (Lipinski definition) is 5. The van der Waals surface area contributed by atoms with Crippen LogP contribution in [0.5, 0.6) is 17.2 Å². The molecular formula is C17H13NO4. The van der Waals surface area contributed by atoms with Crippen molar-refractivity contribution in [1.82, 2.24) is 0 Å². The molecule has 2 aromatic rings. The zero-order chi connectivity index (χ0) is 15.9. The molecule has 0 amide bonds. The number of rotatable bonds is 4. The molecule has 2 aromatic carbocycles. The number of nitrogens with zero attached hydrogens (tertiary/aromatic N) is 1. The maximum Gasteiger partial charge on any atom is 0.336 e. The van der Waals surface area contributed by atoms with Gasteiger partial charge in [0.05, 0.1) is 18.7 Å². The highest BCUT2D eigenvalue weighted by Gasteiger charge is 2.03. The Kier molecular flexibility index (Phi) is 4.78. The van der Waals surface area contributed by atoms with E-state index in [9.17, 15) is 9.90 Å². The molecule has 22 heavy (non-hydrogen) atoms. The maximum atomic E-state index is 11.7. The minimum Gasteiger partial charge on any atom is -0.504 e. The molecule has 0 aliphatic rings. The van der Waals surface area contributed by atoms with Crippen LogP contribution in [-0.2, 0) is 4.79 Å². The molecule has 0 fully saturated rings. The quantitative estimate of drug-likeness (QED) is 0.533. The molecular weight excluding hydrogens is 282 g/mol. The standard InChI is InChI=1S/C17H13NO4/c1-21-16-10-12(4-8-15(16)19)5-9-17(20)22-14-6-2-13(11-18)3-7-14/h2-10,19H,1H3/b9-5+. The van der Waals surface area contributed by atoms with Gasteiger partial charge in [-0.1, -0.05) is 6.07 Å². The molecule has 0 aliphatic heterocycles. The van der Waals surface area contributed by atoms with Crippen LogP contribution in [0.2, 0.25) is 0 Å². The Morgan fingerprint density at radius 3 is 2.59 bits per heavy atom. The molecule has 0 saturated carbocycles. The zero-order valence-electron chi connectivity index (χ0n) is 11.8. The van der Waals surface area contributed by atoms with E-state index in [0.717, 1.165) is 0 Å². The van der Waals surface area contributed by atoms with Crippen LogP contribution in [0.25, 0.3) is 6.08 Å². The monoisotopic (exact) mass is 295 g/mol. The summed E-state index contributed by atoms with van der Waals surface area (Å²) >= 11 is 0. The van der Waals surface area contributed by atoms with Crippen LogP contribution >= 0.6 is 0 Å². The summed E-state index contributed by atoms with van der Waals surface area (Å²) in [5.41, 5.74) is 1.18. The summed E-state index contributed by atoms with van der Waals surface area (Å²) in [5, 5.41) is 18.2. The third-order valence-electron chi connectivity index (χ3n) is 2.82. The number of hydrogen-bond donors (Lipinski definition) is 1. The molecule has 0 aliphatic carbocycles. The molecule has 0 bridgehead atoms. The van der Waals surface area contributed by atoms with Crippen molar-refractivity contribution >= 4 is 12.0 Å². The third-order valence-corrected chi connectivity index (χ3v) is 2.82. The van der Waals surface area contributed by atoms with E-state index in [0.29, 0.717) is 22.6 Å². The Morgan fingerprint density at radius 2 is 1.95 bits per heavy atom. The Morgan fingerprint density at radius 1 is 1.23 bits per heavy atom. The van der Waals surface area contributed by atoms with Gasteiger partial charge in [0.1, 0.15) is 5.75 Å². The number of methoxy groups -OCH3 is 1. The summed E-state index contributed by atoms with van der Waals surface area (Å²) in [6.45, 7) is 0. The summed E-state index contributed by atoms with van der Waals surface area (Å²) in [6.07, 6.45) is 2.82. The molecule has 0 spiro atoms. The first-order valence-electron chi connectivity index (χ1n) is 6.39. The van der Waals surface area contributed by atoms with E-state index in [1.807, 2.05) is 6.07 Å². The molecule has 5 heteroatoms. The van der Waals surface area contributed by atoms with Gasteiger partial charge in [-0.25, -0.2) is 4.79 Å². The number of aromatic hydroxyl groups is 1. The first-order chi connectivity index (χ1) is 10.6. The van der Waals surface area contributed by atoms with Gasteiger partial charge in [-0.15, -0.1) is 0 Å². The molecule has 0 radical (unpaired) electrons. The van der Waals surface area contributed by atoms with Crippen LogP contribution in [0.15, 0.2) is 48.5 Å². The van der Waals surface area contributed by atoms with Crippen molar-refractivity contribution in [2.45, 2.75) is 0 Å². The van der Waals surface area contributed by atoms with E-state index in [4.69, 9.17) is 14.7 Å². The first-order valence-corrected chi connectivity index (χ1v) is 6.39. The summed E-state index contributed by atoms with van der Waals surface area (Å²) < 4.78 is 10.1. The second-order valence-corrected chi connectivity index (χ2v) is 4.32. The molecule has 0 heterocycles. The van der Waals surface area contributed by atoms with Crippen molar-refractivity contribution in [3.05, 3.63) is 59.7 Å². The lowest BCUT2D eigenvalue weighted by Gasteiger charge is -2.04. The van der Waals surface area contributed by atoms with Gasteiger partial charge in [0.2, 0.25) is 0 Å². The van der Waals surface area contributed by atoms with Crippen LogP contribution in [0, 0.1) is 11.3 Å². The summed E-state index contributed by atoms with van der Waals surface area (Å²) in [7, 11) is 1.45. The third kappa shape index (κ3) is 3.87. The topological polar surface area (TPSA) is 79.5 Å². The minimum atomic E-state index is -0.545. The molecule has 5 nitrogen and oxygen atoms in total. The fourth-order valence-corrected chi connectivity index (χ4v) is 1.71. The van der Waals surface area contributed by atoms with Crippen LogP contribution in [0.1, 0.15) is 11.1 Å². The van der Waals surface area contributed by atoms with Crippen molar-refractivity contribution in [2.24, 2.45) is 0 Å². The van der Waals surface area contributed by atoms with Crippen molar-refractivity contribution in [3.63, 3.8) is 0 Å². The highest BCUT2D eigenvalue weighted by atomic mass is 16.5. The van der Waals surface area contributed by atoms with E-state index in [2.05, 4.69) is 0 Å². The van der Waals surface area contributed by atoms with E-state index in [1.54, 1.807) is 42.5 Å². The van der Waals surface area contributed by atoms with Gasteiger partial charge >= 0.3 is 5.97 Å². The molecule has 0 atom stereocenters. The van der Waals surface area contributed by atoms with Crippen LogP contribution in [0.4, 0.5) is 0 Å². The lowest BCUT2D eigenvalue weighted by molar-refractivity contribution is -0.128. The summed E-state index contributed by atoms with van der Waals surface area (Å²) in [4.78, 5) is 11.7. The summed E-state index contributed by atoms with van der Waals surface area (Å²) in [6, 6.07) is 12.9. The molecule has 0 aromatic heterocycles. The van der Waals surface area contributed by atoms with E-state index in [-0.39, 0.29) is 5.75 Å². The second kappa shape index (κ2) is 6.95. The van der Waals surface area contributed by atoms with Gasteiger partial charge in [-0.3, -0.25) is 0 Å². The van der Waals surface area contributed by atoms with Gasteiger partial charge in [0.15, 0.2) is 11.5 Å². The number of esters is 1. The number of ether oxygens (including phenoxy) is 2. The number of nitriles is 1. The smallest absolute Gasteiger partial charge is 0.336 e. The van der Waals surface area contributed by atoms with Crippen LogP contribution < -0.4 is 9.47 Å². The second-order valence-electron chi connectivity index (χ2n) is 4.32. The Balaban J connectivity index is 2.03. The van der Waals surface area contributed by atoms with Crippen LogP contribution in [0.3, 0.4) is 0 Å². The molecule has 0 unspecified atom stereocenters. The number of benzene rings is 2. The SMILES string of the molecule is COc1cc(/C=C/C(=O)Oc2ccc(C#N)cc2)ccc1O. The predicted octanol–water partition coefficient (Wildman–Crippen LogP) is 2.89. The number of carbonyl (C=O) groups excluding carboxylic acids is 1. The molecule has 0 saturated heterocycles. The largest absolute Gasteiger partial charge is 0.504 e. The van der Waals surface area contributed by atoms with Gasteiger partial charge in [-0.05, 0) is 48.0 Å². The summed E-state index contributed by atoms with van der Waals surface area (Å²) in [5.74, 6) is 0.163. The molecule has 2 rings (SSSR count). The van der Waals surface area contributed by atoms with E-state index in [1.165, 1.54) is 19.3 Å². The van der Waals surface area contributed by atoms with Crippen molar-refractivity contribution in [3.8, 4) is 23.3 Å². The van der Waals surface area contributed by atoms with Gasteiger partial charge in [-0.2, -0.15) is 5.26 Å². The number of phenols is 1. The average Bonchev–Trinajstić information content (AvgIpc) is 2.55. The fourth-order valence-electron chi connectivity index (χ4n) is 1.71. The van der Waals surface area contributed by atoms with Gasteiger partial charge in [0, 0.05) is 6.08 Å². The van der Waals surface area contributed by atoms with E-state index < -0.39 is 5.97 Å². The van der Waals surface area contributed by atoms with Crippen molar-refractivity contribution in [1.29, 1.82) is 5.26 Å². The normalized spacial score (nSPS) is 10.2. The highest BCUT2D eigenvalue weighted by molar-refractivity contribution is 5.88. The van der Waals surface area contributed by atoms with Crippen molar-refractivity contribution < 1.29 is 19.4 Å². The molecule has 110 valence electrons. The lowest BCUT2D eigenvalue weighted by atomic mass is 10.2. The zero-order valence-corrected chi connectivity index (χ0v) is 11.8. The number of carbonyl (C=O) groups is 1.